The van der Waals surface area contributed by atoms with E-state index in [1.54, 1.807) is 12.1 Å². The molecule has 1 amide bonds. The Kier molecular flexibility index (Phi) is 3.92. The molecule has 1 saturated heterocycles. The second-order valence-electron chi connectivity index (χ2n) is 6.39. The van der Waals surface area contributed by atoms with E-state index in [1.165, 1.54) is 12.3 Å². The number of nitrogens with zero attached hydrogens (tertiary/aromatic N) is 2. The summed E-state index contributed by atoms with van der Waals surface area (Å²) in [5.74, 6) is -0.197. The van der Waals surface area contributed by atoms with Crippen molar-refractivity contribution in [3.63, 3.8) is 0 Å². The number of carbonyl (C=O) groups is 1. The third-order valence-corrected chi connectivity index (χ3v) is 4.89. The smallest absolute Gasteiger partial charge is 0.256 e. The highest BCUT2D eigenvalue weighted by molar-refractivity contribution is 6.31. The largest absolute Gasteiger partial charge is 0.369 e. The van der Waals surface area contributed by atoms with Crippen LogP contribution in [0.25, 0.3) is 0 Å². The van der Waals surface area contributed by atoms with Crippen LogP contribution in [0.15, 0.2) is 29.0 Å². The molecule has 1 aliphatic heterocycles. The number of carbonyl (C=O) groups excluding carboxylic acids is 1. The Morgan fingerprint density at radius 3 is 2.96 bits per heavy atom. The third kappa shape index (κ3) is 2.98. The van der Waals surface area contributed by atoms with Crippen LogP contribution in [0.2, 0.25) is 5.02 Å². The van der Waals surface area contributed by atoms with Crippen LogP contribution in [0.5, 0.6) is 0 Å². The van der Waals surface area contributed by atoms with Gasteiger partial charge < -0.3 is 14.7 Å². The van der Waals surface area contributed by atoms with E-state index in [0.29, 0.717) is 18.0 Å². The lowest BCUT2D eigenvalue weighted by Crippen LogP contribution is -2.37. The van der Waals surface area contributed by atoms with Gasteiger partial charge in [-0.3, -0.25) is 4.79 Å². The molecule has 1 atom stereocenters. The number of hydrogen-bond acceptors (Lipinski definition) is 4. The summed E-state index contributed by atoms with van der Waals surface area (Å²) in [5, 5.41) is 7.11. The topological polar surface area (TPSA) is 58.4 Å². The molecule has 7 heteroatoms. The van der Waals surface area contributed by atoms with E-state index >= 15 is 0 Å². The number of halogens is 2. The van der Waals surface area contributed by atoms with Crippen molar-refractivity contribution >= 4 is 23.2 Å². The lowest BCUT2D eigenvalue weighted by Gasteiger charge is -2.19. The highest BCUT2D eigenvalue weighted by Crippen LogP contribution is 2.40. The molecule has 5 nitrogen and oxygen atoms in total. The first-order valence-corrected chi connectivity index (χ1v) is 8.45. The molecular formula is C17H17ClFN3O2. The van der Waals surface area contributed by atoms with Crippen molar-refractivity contribution in [2.75, 3.05) is 18.0 Å². The Labute approximate surface area is 143 Å². The molecule has 2 fully saturated rings. The molecule has 4 rings (SSSR count). The van der Waals surface area contributed by atoms with Crippen molar-refractivity contribution < 1.29 is 13.7 Å². The van der Waals surface area contributed by atoms with Crippen molar-refractivity contribution in [3.8, 4) is 0 Å². The van der Waals surface area contributed by atoms with Gasteiger partial charge in [-0.2, -0.15) is 0 Å². The summed E-state index contributed by atoms with van der Waals surface area (Å²) in [5.41, 5.74) is 2.18. The first kappa shape index (κ1) is 15.4. The number of nitrogens with one attached hydrogen (secondary N) is 1. The fraction of sp³-hybridized carbons (Fsp3) is 0.412. The lowest BCUT2D eigenvalue weighted by molar-refractivity contribution is 0.0939. The molecule has 1 unspecified atom stereocenters. The molecule has 2 aliphatic rings. The number of benzene rings is 1. The van der Waals surface area contributed by atoms with E-state index < -0.39 is 5.82 Å². The molecule has 1 saturated carbocycles. The van der Waals surface area contributed by atoms with Crippen LogP contribution in [0.1, 0.15) is 41.2 Å². The maximum atomic E-state index is 13.3. The molecule has 2 aromatic rings. The summed E-state index contributed by atoms with van der Waals surface area (Å²) >= 11 is 5.84. The van der Waals surface area contributed by atoms with Gasteiger partial charge in [0.05, 0.1) is 10.7 Å². The molecule has 24 heavy (non-hydrogen) atoms. The highest BCUT2D eigenvalue weighted by Gasteiger charge is 2.33. The molecule has 0 bridgehead atoms. The summed E-state index contributed by atoms with van der Waals surface area (Å²) in [7, 11) is 0. The maximum absolute atomic E-state index is 13.3. The average Bonchev–Trinajstić information content (AvgIpc) is 3.10. The molecule has 1 N–H and O–H groups in total. The zero-order chi connectivity index (χ0) is 16.7. The monoisotopic (exact) mass is 349 g/mol. The first-order valence-electron chi connectivity index (χ1n) is 8.07. The Hall–Kier alpha value is -2.08. The quantitative estimate of drug-likeness (QED) is 0.919. The zero-order valence-electron chi connectivity index (χ0n) is 13.0. The van der Waals surface area contributed by atoms with E-state index in [4.69, 9.17) is 16.1 Å². The van der Waals surface area contributed by atoms with Gasteiger partial charge in [-0.1, -0.05) is 16.8 Å². The van der Waals surface area contributed by atoms with E-state index in [-0.39, 0.29) is 17.0 Å². The molecule has 2 heterocycles. The van der Waals surface area contributed by atoms with Crippen LogP contribution in [0.3, 0.4) is 0 Å². The molecular weight excluding hydrogens is 333 g/mol. The summed E-state index contributed by atoms with van der Waals surface area (Å²) < 4.78 is 18.3. The Morgan fingerprint density at radius 1 is 1.38 bits per heavy atom. The lowest BCUT2D eigenvalue weighted by atomic mass is 10.1. The van der Waals surface area contributed by atoms with E-state index in [9.17, 15) is 9.18 Å². The average molecular weight is 350 g/mol. The van der Waals surface area contributed by atoms with Crippen LogP contribution in [0.4, 0.5) is 10.1 Å². The third-order valence-electron chi connectivity index (χ3n) is 4.60. The number of rotatable bonds is 4. The molecule has 126 valence electrons. The fourth-order valence-corrected chi connectivity index (χ4v) is 3.30. The van der Waals surface area contributed by atoms with Crippen molar-refractivity contribution in [1.29, 1.82) is 0 Å². The van der Waals surface area contributed by atoms with E-state index in [2.05, 4.69) is 15.4 Å². The summed E-state index contributed by atoms with van der Waals surface area (Å²) in [6.45, 7) is 1.45. The van der Waals surface area contributed by atoms with E-state index in [1.807, 2.05) is 0 Å². The maximum Gasteiger partial charge on any atom is 0.256 e. The number of anilines is 1. The van der Waals surface area contributed by atoms with Crippen molar-refractivity contribution in [2.45, 2.75) is 31.2 Å². The summed E-state index contributed by atoms with van der Waals surface area (Å²) in [6.07, 6.45) is 4.38. The van der Waals surface area contributed by atoms with Gasteiger partial charge in [0.15, 0.2) is 0 Å². The van der Waals surface area contributed by atoms with Crippen LogP contribution >= 0.6 is 11.6 Å². The van der Waals surface area contributed by atoms with Crippen LogP contribution < -0.4 is 10.2 Å². The van der Waals surface area contributed by atoms with Crippen molar-refractivity contribution in [3.05, 3.63) is 46.6 Å². The Bertz CT molecular complexity index is 775. The van der Waals surface area contributed by atoms with Gasteiger partial charge >= 0.3 is 0 Å². The highest BCUT2D eigenvalue weighted by atomic mass is 35.5. The van der Waals surface area contributed by atoms with Crippen molar-refractivity contribution in [1.82, 2.24) is 10.5 Å². The second kappa shape index (κ2) is 6.09. The minimum Gasteiger partial charge on any atom is -0.369 e. The predicted octanol–water partition coefficient (Wildman–Crippen LogP) is 3.35. The number of hydrogen-bond donors (Lipinski definition) is 1. The Balaban J connectivity index is 1.40. The first-order chi connectivity index (χ1) is 11.6. The van der Waals surface area contributed by atoms with Gasteiger partial charge in [-0.05, 0) is 37.5 Å². The van der Waals surface area contributed by atoms with Gasteiger partial charge in [0, 0.05) is 30.7 Å². The van der Waals surface area contributed by atoms with E-state index in [0.717, 1.165) is 37.2 Å². The second-order valence-corrected chi connectivity index (χ2v) is 6.80. The van der Waals surface area contributed by atoms with Gasteiger partial charge in [0.2, 0.25) is 0 Å². The van der Waals surface area contributed by atoms with Gasteiger partial charge in [-0.15, -0.1) is 0 Å². The molecule has 1 aromatic heterocycles. The Morgan fingerprint density at radius 2 is 2.21 bits per heavy atom. The van der Waals surface area contributed by atoms with Gasteiger partial charge in [0.1, 0.15) is 17.6 Å². The molecule has 0 spiro atoms. The fourth-order valence-electron chi connectivity index (χ4n) is 3.12. The van der Waals surface area contributed by atoms with Crippen molar-refractivity contribution in [2.24, 2.45) is 0 Å². The molecule has 0 radical (unpaired) electrons. The van der Waals surface area contributed by atoms with Crippen LogP contribution in [-0.2, 0) is 0 Å². The number of amides is 1. The normalized spacial score (nSPS) is 20.4. The summed E-state index contributed by atoms with van der Waals surface area (Å²) in [6, 6.07) is 4.72. The number of aromatic nitrogens is 1. The molecule has 1 aromatic carbocycles. The van der Waals surface area contributed by atoms with Gasteiger partial charge in [0.25, 0.3) is 5.91 Å². The SMILES string of the molecule is O=C(NC1CCN(c2ccc(F)c(Cl)c2)C1)c1conc1C1CC1. The molecule has 1 aliphatic carbocycles. The summed E-state index contributed by atoms with van der Waals surface area (Å²) in [4.78, 5) is 14.5. The predicted molar refractivity (Wildman–Crippen MR) is 88.0 cm³/mol. The minimum atomic E-state index is -0.426. The van der Waals surface area contributed by atoms with Gasteiger partial charge in [-0.25, -0.2) is 4.39 Å². The minimum absolute atomic E-state index is 0.0308. The van der Waals surface area contributed by atoms with Crippen LogP contribution in [0, 0.1) is 5.82 Å². The zero-order valence-corrected chi connectivity index (χ0v) is 13.7. The standard InChI is InChI=1S/C17H17ClFN3O2/c18-14-7-12(3-4-15(14)19)22-6-5-11(8-22)20-17(23)13-9-24-21-16(13)10-1-2-10/h3-4,7,9-11H,1-2,5-6,8H2,(H,20,23). The van der Waals surface area contributed by atoms with Crippen LogP contribution in [-0.4, -0.2) is 30.2 Å².